The minimum atomic E-state index is -4.37. The van der Waals surface area contributed by atoms with Gasteiger partial charge < -0.3 is 0 Å². The lowest BCUT2D eigenvalue weighted by Crippen LogP contribution is -2.52. The molecule has 18 heavy (non-hydrogen) atoms. The zero-order valence-electron chi connectivity index (χ0n) is 11.6. The van der Waals surface area contributed by atoms with Crippen LogP contribution in [0.2, 0.25) is 39.3 Å². The van der Waals surface area contributed by atoms with Gasteiger partial charge in [-0.1, -0.05) is 39.3 Å². The summed E-state index contributed by atoms with van der Waals surface area (Å²) in [6.07, 6.45) is -3.40. The van der Waals surface area contributed by atoms with E-state index in [1.807, 2.05) is 39.3 Å². The number of hydrogen-bond acceptors (Lipinski definition) is 2. The Kier molecular flexibility index (Phi) is 3.79. The molecule has 0 unspecified atom stereocenters. The lowest BCUT2D eigenvalue weighted by molar-refractivity contribution is -0.137. The van der Waals surface area contributed by atoms with Gasteiger partial charge in [0.15, 0.2) is 0 Å². The quantitative estimate of drug-likeness (QED) is 0.783. The summed E-state index contributed by atoms with van der Waals surface area (Å²) in [7, 11) is -3.94. The Bertz CT molecular complexity index is 445. The Balaban J connectivity index is 3.50. The fourth-order valence-corrected chi connectivity index (χ4v) is 3.99. The van der Waals surface area contributed by atoms with Gasteiger partial charge in [-0.05, 0) is 0 Å². The molecule has 1 aromatic heterocycles. The van der Waals surface area contributed by atoms with Gasteiger partial charge >= 0.3 is 6.18 Å². The maximum absolute atomic E-state index is 13.0. The van der Waals surface area contributed by atoms with Crippen LogP contribution in [-0.2, 0) is 6.18 Å². The van der Waals surface area contributed by atoms with Gasteiger partial charge in [0.05, 0.1) is 5.56 Å². The summed E-state index contributed by atoms with van der Waals surface area (Å²) < 4.78 is 38.9. The normalized spacial score (nSPS) is 13.8. The molecule has 0 N–H and O–H groups in total. The average molecular weight is 292 g/mol. The van der Waals surface area contributed by atoms with Crippen LogP contribution in [0.3, 0.4) is 0 Å². The van der Waals surface area contributed by atoms with Crippen molar-refractivity contribution < 1.29 is 13.2 Å². The van der Waals surface area contributed by atoms with Crippen molar-refractivity contribution in [3.63, 3.8) is 0 Å². The maximum atomic E-state index is 13.0. The van der Waals surface area contributed by atoms with Crippen LogP contribution >= 0.6 is 0 Å². The van der Waals surface area contributed by atoms with Crippen LogP contribution in [0, 0.1) is 0 Å². The van der Waals surface area contributed by atoms with Gasteiger partial charge in [-0.3, -0.25) is 0 Å². The van der Waals surface area contributed by atoms with Crippen molar-refractivity contribution in [3.05, 3.63) is 11.8 Å². The topological polar surface area (TPSA) is 25.8 Å². The molecule has 1 rings (SSSR count). The molecule has 0 amide bonds. The third kappa shape index (κ3) is 3.41. The van der Waals surface area contributed by atoms with E-state index < -0.39 is 27.9 Å². The van der Waals surface area contributed by atoms with Crippen LogP contribution in [0.15, 0.2) is 6.20 Å². The molecule has 0 saturated heterocycles. The highest BCUT2D eigenvalue weighted by Gasteiger charge is 2.39. The zero-order chi connectivity index (χ0) is 14.4. The number of hydrogen-bond donors (Lipinski definition) is 0. The molecule has 2 nitrogen and oxygen atoms in total. The van der Waals surface area contributed by atoms with Crippen LogP contribution in [0.4, 0.5) is 13.2 Å². The highest BCUT2D eigenvalue weighted by atomic mass is 28.3. The molecular weight excluding hydrogens is 273 g/mol. The second-order valence-corrected chi connectivity index (χ2v) is 16.4. The predicted molar refractivity (Wildman–Crippen MR) is 73.0 cm³/mol. The smallest absolute Gasteiger partial charge is 0.248 e. The fraction of sp³-hybridized carbons (Fsp3) is 0.636. The Labute approximate surface area is 108 Å². The van der Waals surface area contributed by atoms with E-state index >= 15 is 0 Å². The molecule has 0 saturated carbocycles. The van der Waals surface area contributed by atoms with Gasteiger partial charge in [0, 0.05) is 11.5 Å². The van der Waals surface area contributed by atoms with Crippen LogP contribution in [-0.4, -0.2) is 26.1 Å². The molecule has 0 aliphatic rings. The SMILES string of the molecule is C[Si](C)(C)c1ncc(C(F)(F)F)c([Si](C)(C)C)n1. The minimum absolute atomic E-state index is 0.224. The molecule has 1 heterocycles. The van der Waals surface area contributed by atoms with E-state index in [9.17, 15) is 13.2 Å². The van der Waals surface area contributed by atoms with Crippen LogP contribution in [0.25, 0.3) is 0 Å². The molecule has 1 aromatic rings. The van der Waals surface area contributed by atoms with Crippen molar-refractivity contribution in [2.24, 2.45) is 0 Å². The van der Waals surface area contributed by atoms with Crippen LogP contribution in [0.1, 0.15) is 5.56 Å². The highest BCUT2D eigenvalue weighted by Crippen LogP contribution is 2.28. The molecule has 0 spiro atoms. The van der Waals surface area contributed by atoms with E-state index in [0.717, 1.165) is 6.20 Å². The number of halogens is 3. The second-order valence-electron chi connectivity index (χ2n) is 6.45. The Morgan fingerprint density at radius 3 is 1.78 bits per heavy atom. The largest absolute Gasteiger partial charge is 0.419 e. The Hall–Kier alpha value is -0.696. The standard InChI is InChI=1S/C11H19F3N2Si2/c1-17(2,3)9-8(11(12,13)14)7-15-10(16-9)18(4,5)6/h7H,1-6H3. The number of nitrogens with zero attached hydrogens (tertiary/aromatic N) is 2. The predicted octanol–water partition coefficient (Wildman–Crippen LogP) is 2.59. The third-order valence-corrected chi connectivity index (χ3v) is 5.86. The first-order chi connectivity index (χ1) is 7.83. The van der Waals surface area contributed by atoms with E-state index in [2.05, 4.69) is 9.97 Å². The molecule has 0 aliphatic carbocycles. The Morgan fingerprint density at radius 2 is 1.44 bits per heavy atom. The van der Waals surface area contributed by atoms with Crippen molar-refractivity contribution in [1.82, 2.24) is 9.97 Å². The van der Waals surface area contributed by atoms with Gasteiger partial charge in [0.1, 0.15) is 21.6 Å². The van der Waals surface area contributed by atoms with Crippen LogP contribution in [0.5, 0.6) is 0 Å². The molecule has 0 bridgehead atoms. The molecule has 102 valence electrons. The molecule has 0 radical (unpaired) electrons. The Morgan fingerprint density at radius 1 is 0.944 bits per heavy atom. The molecule has 0 atom stereocenters. The highest BCUT2D eigenvalue weighted by molar-refractivity contribution is 6.90. The van der Waals surface area contributed by atoms with Gasteiger partial charge in [0.2, 0.25) is 0 Å². The summed E-state index contributed by atoms with van der Waals surface area (Å²) in [4.78, 5) is 8.22. The molecule has 0 aliphatic heterocycles. The molecule has 7 heteroatoms. The van der Waals surface area contributed by atoms with Crippen molar-refractivity contribution in [2.45, 2.75) is 45.5 Å². The monoisotopic (exact) mass is 292 g/mol. The number of alkyl halides is 3. The summed E-state index contributed by atoms with van der Waals surface area (Å²) in [6.45, 7) is 11.7. The summed E-state index contributed by atoms with van der Waals surface area (Å²) >= 11 is 0. The van der Waals surface area contributed by atoms with E-state index in [1.54, 1.807) is 0 Å². The van der Waals surface area contributed by atoms with Gasteiger partial charge in [0.25, 0.3) is 0 Å². The van der Waals surface area contributed by atoms with Gasteiger partial charge in [-0.2, -0.15) is 13.2 Å². The molecule has 0 aromatic carbocycles. The van der Waals surface area contributed by atoms with Gasteiger partial charge in [-0.15, -0.1) is 0 Å². The van der Waals surface area contributed by atoms with Crippen LogP contribution < -0.4 is 10.8 Å². The summed E-state index contributed by atoms with van der Waals surface area (Å²) in [6, 6.07) is 0. The third-order valence-electron chi connectivity index (χ3n) is 2.48. The summed E-state index contributed by atoms with van der Waals surface area (Å²) in [5.41, 5.74) is -0.0587. The van der Waals surface area contributed by atoms with Gasteiger partial charge in [-0.25, -0.2) is 9.97 Å². The van der Waals surface area contributed by atoms with E-state index in [1.165, 1.54) is 0 Å². The zero-order valence-corrected chi connectivity index (χ0v) is 13.6. The maximum Gasteiger partial charge on any atom is 0.419 e. The van der Waals surface area contributed by atoms with E-state index in [-0.39, 0.29) is 5.32 Å². The summed E-state index contributed by atoms with van der Waals surface area (Å²) in [5.74, 6) is 0. The first-order valence-corrected chi connectivity index (χ1v) is 12.8. The number of aromatic nitrogens is 2. The summed E-state index contributed by atoms with van der Waals surface area (Å²) in [5, 5.41) is 0.224. The molecule has 0 fully saturated rings. The average Bonchev–Trinajstić information content (AvgIpc) is 2.12. The van der Waals surface area contributed by atoms with E-state index in [0.29, 0.717) is 5.45 Å². The fourth-order valence-electron chi connectivity index (χ4n) is 1.52. The van der Waals surface area contributed by atoms with Crippen molar-refractivity contribution in [2.75, 3.05) is 0 Å². The second kappa shape index (κ2) is 4.45. The van der Waals surface area contributed by atoms with Crippen molar-refractivity contribution in [1.29, 1.82) is 0 Å². The lowest BCUT2D eigenvalue weighted by Gasteiger charge is -2.24. The van der Waals surface area contributed by atoms with Crippen molar-refractivity contribution >= 4 is 26.9 Å². The minimum Gasteiger partial charge on any atom is -0.248 e. The first kappa shape index (κ1) is 15.4. The molecular formula is C11H19F3N2Si2. The van der Waals surface area contributed by atoms with E-state index in [4.69, 9.17) is 0 Å². The first-order valence-electron chi connectivity index (χ1n) is 5.78. The lowest BCUT2D eigenvalue weighted by atomic mass is 10.3. The number of rotatable bonds is 2. The van der Waals surface area contributed by atoms with Crippen molar-refractivity contribution in [3.8, 4) is 0 Å².